The van der Waals surface area contributed by atoms with E-state index in [1.54, 1.807) is 12.1 Å². The standard InChI is InChI=1S/C28H32ClN3O2/c1-2-34-27-14-8-23(9-15-27)21-32(28(33)30-25-12-10-24(29)11-13-25)26-16-18-31(19-17-26)20-22-6-4-3-5-7-22/h3-15,26H,2,16-21H2,1H3,(H,30,33). The molecule has 5 nitrogen and oxygen atoms in total. The van der Waals surface area contributed by atoms with Crippen molar-refractivity contribution in [1.29, 1.82) is 0 Å². The molecule has 1 heterocycles. The van der Waals surface area contributed by atoms with Gasteiger partial charge in [-0.25, -0.2) is 4.79 Å². The zero-order valence-electron chi connectivity index (χ0n) is 19.6. The van der Waals surface area contributed by atoms with Gasteiger partial charge in [-0.3, -0.25) is 4.90 Å². The van der Waals surface area contributed by atoms with Crippen LogP contribution in [0.1, 0.15) is 30.9 Å². The van der Waals surface area contributed by atoms with Gasteiger partial charge < -0.3 is 15.0 Å². The molecule has 0 saturated carbocycles. The fourth-order valence-corrected chi connectivity index (χ4v) is 4.51. The molecular formula is C28H32ClN3O2. The van der Waals surface area contributed by atoms with Crippen molar-refractivity contribution in [3.63, 3.8) is 0 Å². The molecule has 3 aromatic rings. The number of nitrogens with one attached hydrogen (secondary N) is 1. The van der Waals surface area contributed by atoms with Gasteiger partial charge in [-0.2, -0.15) is 0 Å². The largest absolute Gasteiger partial charge is 0.494 e. The highest BCUT2D eigenvalue weighted by Gasteiger charge is 2.28. The number of benzene rings is 3. The van der Waals surface area contributed by atoms with Gasteiger partial charge in [-0.15, -0.1) is 0 Å². The van der Waals surface area contributed by atoms with E-state index in [2.05, 4.69) is 34.5 Å². The quantitative estimate of drug-likeness (QED) is 0.406. The number of anilines is 1. The molecule has 0 aromatic heterocycles. The van der Waals surface area contributed by atoms with Gasteiger partial charge in [0.1, 0.15) is 5.75 Å². The Morgan fingerprint density at radius 2 is 1.65 bits per heavy atom. The van der Waals surface area contributed by atoms with Gasteiger partial charge in [-0.05, 0) is 67.3 Å². The van der Waals surface area contributed by atoms with E-state index in [0.717, 1.165) is 49.5 Å². The first-order valence-corrected chi connectivity index (χ1v) is 12.3. The summed E-state index contributed by atoms with van der Waals surface area (Å²) in [6.45, 7) is 6.04. The van der Waals surface area contributed by atoms with E-state index in [0.29, 0.717) is 18.2 Å². The maximum absolute atomic E-state index is 13.4. The number of rotatable bonds is 8. The zero-order chi connectivity index (χ0) is 23.8. The van der Waals surface area contributed by atoms with Crippen LogP contribution in [0.4, 0.5) is 10.5 Å². The predicted molar refractivity (Wildman–Crippen MR) is 138 cm³/mol. The molecule has 1 N–H and O–H groups in total. The summed E-state index contributed by atoms with van der Waals surface area (Å²) in [5, 5.41) is 3.71. The SMILES string of the molecule is CCOc1ccc(CN(C(=O)Nc2ccc(Cl)cc2)C2CCN(Cc3ccccc3)CC2)cc1. The van der Waals surface area contributed by atoms with E-state index in [4.69, 9.17) is 16.3 Å². The maximum Gasteiger partial charge on any atom is 0.322 e. The molecule has 3 aromatic carbocycles. The topological polar surface area (TPSA) is 44.8 Å². The summed E-state index contributed by atoms with van der Waals surface area (Å²) in [6.07, 6.45) is 1.88. The van der Waals surface area contributed by atoms with Crippen molar-refractivity contribution < 1.29 is 9.53 Å². The van der Waals surface area contributed by atoms with Gasteiger partial charge in [0, 0.05) is 42.9 Å². The first-order valence-electron chi connectivity index (χ1n) is 11.9. The highest BCUT2D eigenvalue weighted by atomic mass is 35.5. The fraction of sp³-hybridized carbons (Fsp3) is 0.321. The number of nitrogens with zero attached hydrogens (tertiary/aromatic N) is 2. The van der Waals surface area contributed by atoms with Crippen LogP contribution in [0.25, 0.3) is 0 Å². The van der Waals surface area contributed by atoms with Crippen molar-refractivity contribution >= 4 is 23.3 Å². The normalized spacial score (nSPS) is 14.5. The summed E-state index contributed by atoms with van der Waals surface area (Å²) in [5.74, 6) is 0.845. The minimum atomic E-state index is -0.0854. The molecule has 1 aliphatic rings. The Kier molecular flexibility index (Phi) is 8.45. The second kappa shape index (κ2) is 11.9. The van der Waals surface area contributed by atoms with Gasteiger partial charge >= 0.3 is 6.03 Å². The molecule has 1 saturated heterocycles. The second-order valence-corrected chi connectivity index (χ2v) is 9.07. The van der Waals surface area contributed by atoms with Crippen LogP contribution in [0.5, 0.6) is 5.75 Å². The Morgan fingerprint density at radius 1 is 0.971 bits per heavy atom. The van der Waals surface area contributed by atoms with Crippen LogP contribution in [-0.4, -0.2) is 41.6 Å². The minimum Gasteiger partial charge on any atom is -0.494 e. The first kappa shape index (κ1) is 24.1. The molecule has 0 spiro atoms. The molecule has 6 heteroatoms. The van der Waals surface area contributed by atoms with Gasteiger partial charge in [0.05, 0.1) is 6.61 Å². The Balaban J connectivity index is 1.44. The third-order valence-corrected chi connectivity index (χ3v) is 6.44. The predicted octanol–water partition coefficient (Wildman–Crippen LogP) is 6.44. The van der Waals surface area contributed by atoms with Crippen LogP contribution in [0.2, 0.25) is 5.02 Å². The smallest absolute Gasteiger partial charge is 0.322 e. The number of halogens is 1. The highest BCUT2D eigenvalue weighted by molar-refractivity contribution is 6.30. The van der Waals surface area contributed by atoms with E-state index in [1.165, 1.54) is 5.56 Å². The molecule has 0 radical (unpaired) electrons. The number of amides is 2. The van der Waals surface area contributed by atoms with Crippen molar-refractivity contribution in [3.8, 4) is 5.75 Å². The van der Waals surface area contributed by atoms with E-state index in [1.807, 2.05) is 54.3 Å². The number of carbonyl (C=O) groups is 1. The molecule has 1 fully saturated rings. The molecular weight excluding hydrogens is 446 g/mol. The summed E-state index contributed by atoms with van der Waals surface area (Å²) in [7, 11) is 0. The average Bonchev–Trinajstić information content (AvgIpc) is 2.86. The zero-order valence-corrected chi connectivity index (χ0v) is 20.4. The second-order valence-electron chi connectivity index (χ2n) is 8.63. The summed E-state index contributed by atoms with van der Waals surface area (Å²) < 4.78 is 5.57. The third kappa shape index (κ3) is 6.75. The summed E-state index contributed by atoms with van der Waals surface area (Å²) in [6, 6.07) is 25.9. The van der Waals surface area contributed by atoms with Gasteiger partial charge in [0.25, 0.3) is 0 Å². The summed E-state index contributed by atoms with van der Waals surface area (Å²) in [5.41, 5.74) is 3.15. The molecule has 4 rings (SSSR count). The van der Waals surface area contributed by atoms with Crippen LogP contribution in [0.3, 0.4) is 0 Å². The highest BCUT2D eigenvalue weighted by Crippen LogP contribution is 2.23. The monoisotopic (exact) mass is 477 g/mol. The Morgan fingerprint density at radius 3 is 2.29 bits per heavy atom. The van der Waals surface area contributed by atoms with Crippen LogP contribution in [0.15, 0.2) is 78.9 Å². The van der Waals surface area contributed by atoms with Crippen LogP contribution >= 0.6 is 11.6 Å². The molecule has 0 aliphatic carbocycles. The molecule has 178 valence electrons. The Hall–Kier alpha value is -3.02. The van der Waals surface area contributed by atoms with E-state index >= 15 is 0 Å². The number of hydrogen-bond acceptors (Lipinski definition) is 3. The number of carbonyl (C=O) groups excluding carboxylic acids is 1. The summed E-state index contributed by atoms with van der Waals surface area (Å²) >= 11 is 6.01. The molecule has 2 amide bonds. The van der Waals surface area contributed by atoms with Gasteiger partial charge in [-0.1, -0.05) is 54.1 Å². The van der Waals surface area contributed by atoms with E-state index < -0.39 is 0 Å². The van der Waals surface area contributed by atoms with Crippen molar-refractivity contribution in [2.24, 2.45) is 0 Å². The molecule has 34 heavy (non-hydrogen) atoms. The number of urea groups is 1. The number of piperidine rings is 1. The van der Waals surface area contributed by atoms with Crippen LogP contribution < -0.4 is 10.1 Å². The average molecular weight is 478 g/mol. The molecule has 0 atom stereocenters. The lowest BCUT2D eigenvalue weighted by Gasteiger charge is -2.38. The lowest BCUT2D eigenvalue weighted by Crippen LogP contribution is -2.48. The van der Waals surface area contributed by atoms with E-state index in [-0.39, 0.29) is 12.1 Å². The number of ether oxygens (including phenoxy) is 1. The van der Waals surface area contributed by atoms with Crippen LogP contribution in [-0.2, 0) is 13.1 Å². The van der Waals surface area contributed by atoms with Crippen molar-refractivity contribution in [1.82, 2.24) is 9.80 Å². The minimum absolute atomic E-state index is 0.0854. The van der Waals surface area contributed by atoms with Crippen molar-refractivity contribution in [2.75, 3.05) is 25.0 Å². The van der Waals surface area contributed by atoms with Crippen molar-refractivity contribution in [3.05, 3.63) is 95.0 Å². The summed E-state index contributed by atoms with van der Waals surface area (Å²) in [4.78, 5) is 17.8. The number of hydrogen-bond donors (Lipinski definition) is 1. The first-order chi connectivity index (χ1) is 16.6. The molecule has 0 bridgehead atoms. The molecule has 0 unspecified atom stereocenters. The Labute approximate surface area is 207 Å². The van der Waals surface area contributed by atoms with Crippen LogP contribution in [0, 0.1) is 0 Å². The van der Waals surface area contributed by atoms with E-state index in [9.17, 15) is 4.79 Å². The fourth-order valence-electron chi connectivity index (χ4n) is 4.38. The lowest BCUT2D eigenvalue weighted by atomic mass is 10.0. The molecule has 1 aliphatic heterocycles. The lowest BCUT2D eigenvalue weighted by molar-refractivity contribution is 0.120. The third-order valence-electron chi connectivity index (χ3n) is 6.19. The number of likely N-dealkylation sites (tertiary alicyclic amines) is 1. The van der Waals surface area contributed by atoms with Crippen molar-refractivity contribution in [2.45, 2.75) is 38.9 Å². The van der Waals surface area contributed by atoms with Gasteiger partial charge in [0.2, 0.25) is 0 Å². The Bertz CT molecular complexity index is 1030. The van der Waals surface area contributed by atoms with Gasteiger partial charge in [0.15, 0.2) is 0 Å². The maximum atomic E-state index is 13.4.